The lowest BCUT2D eigenvalue weighted by Crippen LogP contribution is -2.37. The van der Waals surface area contributed by atoms with Crippen LogP contribution in [-0.4, -0.2) is 24.6 Å². The molecule has 35 heavy (non-hydrogen) atoms. The molecule has 7 nitrogen and oxygen atoms in total. The van der Waals surface area contributed by atoms with Crippen molar-refractivity contribution >= 4 is 11.8 Å². The van der Waals surface area contributed by atoms with Gasteiger partial charge in [0.05, 0.1) is 11.8 Å². The van der Waals surface area contributed by atoms with E-state index < -0.39 is 5.92 Å². The van der Waals surface area contributed by atoms with Crippen molar-refractivity contribution in [3.05, 3.63) is 70.5 Å². The minimum absolute atomic E-state index is 0.0123. The maximum Gasteiger partial charge on any atom is 0.337 e. The molecule has 1 fully saturated rings. The molecule has 1 saturated carbocycles. The van der Waals surface area contributed by atoms with Gasteiger partial charge in [0.15, 0.2) is 17.3 Å². The second kappa shape index (κ2) is 8.95. The fourth-order valence-corrected chi connectivity index (χ4v) is 5.86. The molecule has 7 heteroatoms. The van der Waals surface area contributed by atoms with Gasteiger partial charge in [-0.2, -0.15) is 0 Å². The van der Waals surface area contributed by atoms with E-state index in [-0.39, 0.29) is 30.6 Å². The molecule has 2 atom stereocenters. The molecule has 1 aromatic carbocycles. The fourth-order valence-electron chi connectivity index (χ4n) is 5.86. The Morgan fingerprint density at radius 2 is 1.89 bits per heavy atom. The van der Waals surface area contributed by atoms with Gasteiger partial charge in [0.25, 0.3) is 0 Å². The lowest BCUT2D eigenvalue weighted by Gasteiger charge is -2.36. The van der Waals surface area contributed by atoms with Crippen molar-refractivity contribution in [3.8, 4) is 11.5 Å². The van der Waals surface area contributed by atoms with E-state index in [2.05, 4.69) is 5.32 Å². The topological polar surface area (TPSA) is 87.0 Å². The summed E-state index contributed by atoms with van der Waals surface area (Å²) in [6.45, 7) is 2.05. The molecule has 1 aromatic heterocycles. The van der Waals surface area contributed by atoms with Crippen LogP contribution in [0, 0.1) is 0 Å². The summed E-state index contributed by atoms with van der Waals surface area (Å²) in [5.74, 6) is 1.19. The summed E-state index contributed by atoms with van der Waals surface area (Å²) in [7, 11) is 0. The minimum Gasteiger partial charge on any atom is -0.469 e. The lowest BCUT2D eigenvalue weighted by molar-refractivity contribution is -0.146. The molecule has 0 amide bonds. The van der Waals surface area contributed by atoms with Crippen molar-refractivity contribution in [2.75, 3.05) is 6.79 Å². The third-order valence-corrected chi connectivity index (χ3v) is 7.55. The van der Waals surface area contributed by atoms with E-state index in [1.54, 1.807) is 6.26 Å². The number of Topliss-reactive ketones (excluding diaryl/α,β-unsaturated/α-hetero) is 1. The zero-order valence-corrected chi connectivity index (χ0v) is 19.8. The summed E-state index contributed by atoms with van der Waals surface area (Å²) in [6, 6.07) is 9.41. The van der Waals surface area contributed by atoms with Crippen LogP contribution >= 0.6 is 0 Å². The quantitative estimate of drug-likeness (QED) is 0.605. The van der Waals surface area contributed by atoms with E-state index in [0.717, 1.165) is 48.4 Å². The monoisotopic (exact) mass is 475 g/mol. The molecule has 0 radical (unpaired) electrons. The van der Waals surface area contributed by atoms with Gasteiger partial charge in [0.2, 0.25) is 6.79 Å². The van der Waals surface area contributed by atoms with Crippen molar-refractivity contribution in [1.82, 2.24) is 5.32 Å². The van der Waals surface area contributed by atoms with Crippen LogP contribution in [-0.2, 0) is 14.3 Å². The first kappa shape index (κ1) is 22.0. The summed E-state index contributed by atoms with van der Waals surface area (Å²) in [4.78, 5) is 27.2. The van der Waals surface area contributed by atoms with Gasteiger partial charge in [-0.05, 0) is 68.9 Å². The second-order valence-corrected chi connectivity index (χ2v) is 9.81. The van der Waals surface area contributed by atoms with Crippen molar-refractivity contribution < 1.29 is 28.2 Å². The van der Waals surface area contributed by atoms with E-state index in [1.807, 2.05) is 37.3 Å². The first-order chi connectivity index (χ1) is 17.1. The van der Waals surface area contributed by atoms with Crippen LogP contribution in [0.15, 0.2) is 63.6 Å². The second-order valence-electron chi connectivity index (χ2n) is 9.81. The summed E-state index contributed by atoms with van der Waals surface area (Å²) < 4.78 is 22.7. The molecule has 2 aliphatic heterocycles. The number of benzene rings is 1. The number of hydrogen-bond acceptors (Lipinski definition) is 7. The van der Waals surface area contributed by atoms with Crippen LogP contribution in [0.2, 0.25) is 0 Å². The molecular formula is C28H29NO6. The van der Waals surface area contributed by atoms with Crippen LogP contribution in [0.3, 0.4) is 0 Å². The summed E-state index contributed by atoms with van der Waals surface area (Å²) in [5.41, 5.74) is 3.52. The minimum atomic E-state index is -0.526. The highest BCUT2D eigenvalue weighted by Gasteiger charge is 2.42. The van der Waals surface area contributed by atoms with Gasteiger partial charge in [-0.1, -0.05) is 12.5 Å². The van der Waals surface area contributed by atoms with Crippen LogP contribution < -0.4 is 14.8 Å². The van der Waals surface area contributed by atoms with Gasteiger partial charge in [0.1, 0.15) is 11.9 Å². The van der Waals surface area contributed by atoms with Gasteiger partial charge in [-0.25, -0.2) is 4.79 Å². The SMILES string of the molecule is CC1=C(C(=O)OC2CCCCC2)[C@H](c2ccc3c(c2)OCO3)C2=C(C[C@H](c3ccco3)CC2=O)N1. The van der Waals surface area contributed by atoms with Crippen molar-refractivity contribution in [3.63, 3.8) is 0 Å². The zero-order valence-electron chi connectivity index (χ0n) is 19.8. The number of esters is 1. The number of hydrogen-bond donors (Lipinski definition) is 1. The highest BCUT2D eigenvalue weighted by Crippen LogP contribution is 2.47. The third kappa shape index (κ3) is 4.03. The lowest BCUT2D eigenvalue weighted by atomic mass is 9.72. The average Bonchev–Trinajstić information content (AvgIpc) is 3.55. The van der Waals surface area contributed by atoms with Gasteiger partial charge in [0, 0.05) is 35.2 Å². The maximum absolute atomic E-state index is 13.6. The molecule has 6 rings (SSSR count). The van der Waals surface area contributed by atoms with Gasteiger partial charge in [-0.3, -0.25) is 4.79 Å². The molecule has 0 unspecified atom stereocenters. The van der Waals surface area contributed by atoms with Crippen LogP contribution in [0.5, 0.6) is 11.5 Å². The smallest absolute Gasteiger partial charge is 0.337 e. The van der Waals surface area contributed by atoms with Gasteiger partial charge < -0.3 is 23.9 Å². The van der Waals surface area contributed by atoms with Crippen LogP contribution in [0.1, 0.15) is 75.0 Å². The van der Waals surface area contributed by atoms with Crippen molar-refractivity contribution in [1.29, 1.82) is 0 Å². The summed E-state index contributed by atoms with van der Waals surface area (Å²) in [5, 5.41) is 3.40. The predicted octanol–water partition coefficient (Wildman–Crippen LogP) is 5.25. The Balaban J connectivity index is 1.40. The molecule has 3 heterocycles. The molecule has 2 aromatic rings. The third-order valence-electron chi connectivity index (χ3n) is 7.55. The number of fused-ring (bicyclic) bond motifs is 1. The van der Waals surface area contributed by atoms with E-state index in [4.69, 9.17) is 18.6 Å². The number of ketones is 1. The maximum atomic E-state index is 13.6. The average molecular weight is 476 g/mol. The Hall–Kier alpha value is -3.48. The number of ether oxygens (including phenoxy) is 3. The number of rotatable bonds is 4. The number of nitrogens with one attached hydrogen (secondary N) is 1. The largest absolute Gasteiger partial charge is 0.469 e. The zero-order chi connectivity index (χ0) is 23.9. The van der Waals surface area contributed by atoms with E-state index in [0.29, 0.717) is 35.5 Å². The highest BCUT2D eigenvalue weighted by atomic mass is 16.7. The molecule has 1 N–H and O–H groups in total. The number of carbonyl (C=O) groups is 2. The van der Waals surface area contributed by atoms with Crippen LogP contribution in [0.4, 0.5) is 0 Å². The van der Waals surface area contributed by atoms with Gasteiger partial charge in [-0.15, -0.1) is 0 Å². The number of dihydropyridines is 1. The Kier molecular flexibility index (Phi) is 5.63. The number of allylic oxidation sites excluding steroid dienone is 3. The van der Waals surface area contributed by atoms with Crippen LogP contribution in [0.25, 0.3) is 0 Å². The van der Waals surface area contributed by atoms with E-state index >= 15 is 0 Å². The first-order valence-electron chi connectivity index (χ1n) is 12.5. The first-order valence-corrected chi connectivity index (χ1v) is 12.5. The number of carbonyl (C=O) groups excluding carboxylic acids is 2. The predicted molar refractivity (Wildman–Crippen MR) is 127 cm³/mol. The summed E-state index contributed by atoms with van der Waals surface area (Å²) >= 11 is 0. The molecule has 0 saturated heterocycles. The molecular weight excluding hydrogens is 446 g/mol. The Morgan fingerprint density at radius 1 is 1.06 bits per heavy atom. The standard InChI is InChI=1S/C28H29NO6/c1-16-25(28(31)35-19-6-3-2-4-7-19)26(17-9-10-23-24(14-17)34-15-33-23)27-20(29-16)12-18(13-21(27)30)22-8-5-11-32-22/h5,8-11,14,18-19,26,29H,2-4,6-7,12-13,15H2,1H3/t18-,26-/m0/s1. The Bertz CT molecular complexity index is 1220. The summed E-state index contributed by atoms with van der Waals surface area (Å²) in [6.07, 6.45) is 7.63. The van der Waals surface area contributed by atoms with Gasteiger partial charge >= 0.3 is 5.97 Å². The Labute approximate surface area is 204 Å². The van der Waals surface area contributed by atoms with Crippen molar-refractivity contribution in [2.45, 2.75) is 69.8 Å². The molecule has 0 spiro atoms. The van der Waals surface area contributed by atoms with Crippen molar-refractivity contribution in [2.24, 2.45) is 0 Å². The highest BCUT2D eigenvalue weighted by molar-refractivity contribution is 6.04. The molecule has 0 bridgehead atoms. The normalized spacial score (nSPS) is 24.3. The van der Waals surface area contributed by atoms with E-state index in [1.165, 1.54) is 6.42 Å². The molecule has 4 aliphatic rings. The Morgan fingerprint density at radius 3 is 2.69 bits per heavy atom. The fraction of sp³-hybridized carbons (Fsp3) is 0.429. The van der Waals surface area contributed by atoms with E-state index in [9.17, 15) is 9.59 Å². The molecule has 182 valence electrons. The molecule has 2 aliphatic carbocycles. The number of furan rings is 1.